The van der Waals surface area contributed by atoms with Gasteiger partial charge in [-0.3, -0.25) is 4.68 Å². The van der Waals surface area contributed by atoms with Crippen LogP contribution in [0.4, 0.5) is 5.82 Å². The number of rotatable bonds is 2. The summed E-state index contributed by atoms with van der Waals surface area (Å²) in [7, 11) is 1.87. The van der Waals surface area contributed by atoms with Crippen LogP contribution in [0.15, 0.2) is 18.7 Å². The van der Waals surface area contributed by atoms with E-state index in [-0.39, 0.29) is 0 Å². The van der Waals surface area contributed by atoms with Gasteiger partial charge in [-0.05, 0) is 6.92 Å². The van der Waals surface area contributed by atoms with Crippen LogP contribution in [0.2, 0.25) is 0 Å². The molecule has 0 saturated carbocycles. The van der Waals surface area contributed by atoms with Crippen LogP contribution in [0.1, 0.15) is 6.92 Å². The molecule has 0 unspecified atom stereocenters. The van der Waals surface area contributed by atoms with Crippen molar-refractivity contribution in [2.24, 2.45) is 7.05 Å². The van der Waals surface area contributed by atoms with Crippen LogP contribution in [0, 0.1) is 0 Å². The topological polar surface area (TPSA) is 61.7 Å². The Balaban J connectivity index is 2.46. The molecule has 0 saturated heterocycles. The van der Waals surface area contributed by atoms with Crippen molar-refractivity contribution < 1.29 is 0 Å². The van der Waals surface area contributed by atoms with E-state index in [4.69, 9.17) is 5.73 Å². The molecule has 2 aromatic rings. The maximum absolute atomic E-state index is 5.92. The Morgan fingerprint density at radius 3 is 2.79 bits per heavy atom. The van der Waals surface area contributed by atoms with E-state index < -0.39 is 0 Å². The highest BCUT2D eigenvalue weighted by Gasteiger charge is 2.09. The van der Waals surface area contributed by atoms with Crippen LogP contribution in [0.25, 0.3) is 11.3 Å². The van der Waals surface area contributed by atoms with Crippen molar-refractivity contribution in [3.63, 3.8) is 0 Å². The maximum Gasteiger partial charge on any atom is 0.131 e. The molecule has 0 amide bonds. The van der Waals surface area contributed by atoms with Crippen molar-refractivity contribution in [3.8, 4) is 11.3 Å². The summed E-state index contributed by atoms with van der Waals surface area (Å²) in [6.45, 7) is 2.87. The van der Waals surface area contributed by atoms with Crippen molar-refractivity contribution in [1.29, 1.82) is 0 Å². The quantitative estimate of drug-likeness (QED) is 0.766. The summed E-state index contributed by atoms with van der Waals surface area (Å²) < 4.78 is 3.64. The summed E-state index contributed by atoms with van der Waals surface area (Å²) in [4.78, 5) is 4.25. The zero-order valence-electron chi connectivity index (χ0n) is 8.31. The van der Waals surface area contributed by atoms with Gasteiger partial charge in [-0.25, -0.2) is 4.98 Å². The third kappa shape index (κ3) is 1.26. The Labute approximate surface area is 82.2 Å². The number of aromatic nitrogens is 4. The first-order valence-corrected chi connectivity index (χ1v) is 4.52. The SMILES string of the molecule is CCn1cnc(-c2cnn(C)c2)c1N. The highest BCUT2D eigenvalue weighted by Crippen LogP contribution is 2.22. The molecule has 0 spiro atoms. The third-order valence-electron chi connectivity index (χ3n) is 2.20. The predicted molar refractivity (Wildman–Crippen MR) is 54.5 cm³/mol. The van der Waals surface area contributed by atoms with Crippen molar-refractivity contribution >= 4 is 5.82 Å². The van der Waals surface area contributed by atoms with E-state index in [1.54, 1.807) is 17.2 Å². The first-order chi connectivity index (χ1) is 6.72. The van der Waals surface area contributed by atoms with Crippen LogP contribution in [0.5, 0.6) is 0 Å². The highest BCUT2D eigenvalue weighted by atomic mass is 15.2. The van der Waals surface area contributed by atoms with Gasteiger partial charge in [0.1, 0.15) is 11.5 Å². The largest absolute Gasteiger partial charge is 0.383 e. The number of imidazole rings is 1. The molecule has 0 aromatic carbocycles. The zero-order valence-corrected chi connectivity index (χ0v) is 8.31. The van der Waals surface area contributed by atoms with Crippen LogP contribution in [-0.4, -0.2) is 19.3 Å². The fourth-order valence-corrected chi connectivity index (χ4v) is 1.41. The molecular weight excluding hydrogens is 178 g/mol. The molecule has 0 bridgehead atoms. The minimum Gasteiger partial charge on any atom is -0.383 e. The maximum atomic E-state index is 5.92. The van der Waals surface area contributed by atoms with Crippen molar-refractivity contribution in [2.75, 3.05) is 5.73 Å². The van der Waals surface area contributed by atoms with Crippen LogP contribution < -0.4 is 5.73 Å². The Morgan fingerprint density at radius 2 is 2.29 bits per heavy atom. The normalized spacial score (nSPS) is 10.7. The molecule has 2 heterocycles. The second-order valence-corrected chi connectivity index (χ2v) is 3.17. The van der Waals surface area contributed by atoms with E-state index in [1.165, 1.54) is 0 Å². The molecule has 0 aliphatic carbocycles. The van der Waals surface area contributed by atoms with Gasteiger partial charge in [-0.15, -0.1) is 0 Å². The Hall–Kier alpha value is -1.78. The lowest BCUT2D eigenvalue weighted by Gasteiger charge is -1.99. The van der Waals surface area contributed by atoms with E-state index in [0.717, 1.165) is 17.8 Å². The van der Waals surface area contributed by atoms with Gasteiger partial charge in [0.05, 0.1) is 12.5 Å². The Morgan fingerprint density at radius 1 is 1.50 bits per heavy atom. The molecule has 2 rings (SSSR count). The van der Waals surface area contributed by atoms with Crippen molar-refractivity contribution in [2.45, 2.75) is 13.5 Å². The molecule has 0 aliphatic heterocycles. The van der Waals surface area contributed by atoms with E-state index >= 15 is 0 Å². The highest BCUT2D eigenvalue weighted by molar-refractivity contribution is 5.69. The summed E-state index contributed by atoms with van der Waals surface area (Å²) in [5, 5.41) is 4.08. The van der Waals surface area contributed by atoms with E-state index in [2.05, 4.69) is 10.1 Å². The number of hydrogen-bond donors (Lipinski definition) is 1. The first-order valence-electron chi connectivity index (χ1n) is 4.52. The molecule has 74 valence electrons. The number of aryl methyl sites for hydroxylation is 2. The molecule has 0 fully saturated rings. The van der Waals surface area contributed by atoms with E-state index in [0.29, 0.717) is 5.82 Å². The molecule has 0 aliphatic rings. The lowest BCUT2D eigenvalue weighted by Crippen LogP contribution is -1.99. The molecule has 5 nitrogen and oxygen atoms in total. The molecule has 2 N–H and O–H groups in total. The lowest BCUT2D eigenvalue weighted by atomic mass is 10.2. The number of nitrogen functional groups attached to an aromatic ring is 1. The molecule has 14 heavy (non-hydrogen) atoms. The summed E-state index contributed by atoms with van der Waals surface area (Å²) in [6.07, 6.45) is 5.41. The summed E-state index contributed by atoms with van der Waals surface area (Å²) in [5.74, 6) is 0.695. The smallest absolute Gasteiger partial charge is 0.131 e. The average Bonchev–Trinajstić information content (AvgIpc) is 2.72. The minimum atomic E-state index is 0.695. The molecule has 5 heteroatoms. The average molecular weight is 191 g/mol. The third-order valence-corrected chi connectivity index (χ3v) is 2.20. The summed E-state index contributed by atoms with van der Waals surface area (Å²) >= 11 is 0. The Bertz CT molecular complexity index is 440. The molecule has 0 radical (unpaired) electrons. The van der Waals surface area contributed by atoms with Gasteiger partial charge in [0.25, 0.3) is 0 Å². The molecule has 0 atom stereocenters. The zero-order chi connectivity index (χ0) is 10.1. The molecular formula is C9H13N5. The van der Waals surface area contributed by atoms with Crippen LogP contribution in [-0.2, 0) is 13.6 Å². The molecule has 2 aromatic heterocycles. The van der Waals surface area contributed by atoms with Crippen LogP contribution >= 0.6 is 0 Å². The second-order valence-electron chi connectivity index (χ2n) is 3.17. The minimum absolute atomic E-state index is 0.695. The summed E-state index contributed by atoms with van der Waals surface area (Å²) in [5.41, 5.74) is 7.68. The lowest BCUT2D eigenvalue weighted by molar-refractivity contribution is 0.768. The van der Waals surface area contributed by atoms with Gasteiger partial charge in [-0.2, -0.15) is 5.10 Å². The standard InChI is InChI=1S/C9H13N5/c1-3-14-6-11-8(9(14)10)7-4-12-13(2)5-7/h4-6H,3,10H2,1-2H3. The predicted octanol–water partition coefficient (Wildman–Crippen LogP) is 0.886. The first kappa shape index (κ1) is 8.80. The monoisotopic (exact) mass is 191 g/mol. The van der Waals surface area contributed by atoms with Crippen LogP contribution in [0.3, 0.4) is 0 Å². The number of anilines is 1. The second kappa shape index (κ2) is 3.17. The van der Waals surface area contributed by atoms with Gasteiger partial charge in [0.15, 0.2) is 0 Å². The number of nitrogens with zero attached hydrogens (tertiary/aromatic N) is 4. The van der Waals surface area contributed by atoms with Gasteiger partial charge < -0.3 is 10.3 Å². The fourth-order valence-electron chi connectivity index (χ4n) is 1.41. The van der Waals surface area contributed by atoms with Gasteiger partial charge in [0.2, 0.25) is 0 Å². The van der Waals surface area contributed by atoms with E-state index in [1.807, 2.05) is 24.7 Å². The van der Waals surface area contributed by atoms with Crippen molar-refractivity contribution in [1.82, 2.24) is 19.3 Å². The van der Waals surface area contributed by atoms with Gasteiger partial charge in [0, 0.05) is 25.4 Å². The van der Waals surface area contributed by atoms with Crippen molar-refractivity contribution in [3.05, 3.63) is 18.7 Å². The summed E-state index contributed by atoms with van der Waals surface area (Å²) in [6, 6.07) is 0. The van der Waals surface area contributed by atoms with E-state index in [9.17, 15) is 0 Å². The number of hydrogen-bond acceptors (Lipinski definition) is 3. The Kier molecular flexibility index (Phi) is 1.99. The van der Waals surface area contributed by atoms with Gasteiger partial charge >= 0.3 is 0 Å². The van der Waals surface area contributed by atoms with Gasteiger partial charge in [-0.1, -0.05) is 0 Å². The number of nitrogens with two attached hydrogens (primary N) is 1. The fraction of sp³-hybridized carbons (Fsp3) is 0.333.